The monoisotopic (exact) mass is 210 g/mol. The van der Waals surface area contributed by atoms with E-state index in [1.54, 1.807) is 14.2 Å². The topological polar surface area (TPSA) is 27.7 Å². The first-order chi connectivity index (χ1) is 7.31. The minimum atomic E-state index is -0.203. The van der Waals surface area contributed by atoms with Crippen molar-refractivity contribution in [2.24, 2.45) is 0 Å². The molecule has 0 heterocycles. The highest BCUT2D eigenvalue weighted by molar-refractivity contribution is 5.39. The second-order valence-electron chi connectivity index (χ2n) is 3.22. The summed E-state index contributed by atoms with van der Waals surface area (Å²) in [4.78, 5) is 0. The Balaban J connectivity index is 2.69. The summed E-state index contributed by atoms with van der Waals surface area (Å²) in [6.45, 7) is 2.09. The fraction of sp³-hybridized carbons (Fsp3) is 0.500. The molecule has 0 amide bonds. The zero-order valence-corrected chi connectivity index (χ0v) is 9.53. The number of ether oxygens (including phenoxy) is 3. The van der Waals surface area contributed by atoms with Crippen molar-refractivity contribution in [3.05, 3.63) is 24.3 Å². The Labute approximate surface area is 91.0 Å². The van der Waals surface area contributed by atoms with Gasteiger partial charge >= 0.3 is 0 Å². The third kappa shape index (κ3) is 3.44. The van der Waals surface area contributed by atoms with Gasteiger partial charge in [-0.3, -0.25) is 0 Å². The largest absolute Gasteiger partial charge is 0.493 e. The smallest absolute Gasteiger partial charge is 0.199 e. The van der Waals surface area contributed by atoms with E-state index in [0.29, 0.717) is 0 Å². The molecule has 1 aromatic carbocycles. The van der Waals surface area contributed by atoms with Crippen molar-refractivity contribution in [1.29, 1.82) is 0 Å². The van der Waals surface area contributed by atoms with E-state index in [-0.39, 0.29) is 6.29 Å². The van der Waals surface area contributed by atoms with Crippen molar-refractivity contribution >= 4 is 0 Å². The second-order valence-corrected chi connectivity index (χ2v) is 3.22. The Morgan fingerprint density at radius 3 is 2.33 bits per heavy atom. The molecule has 15 heavy (non-hydrogen) atoms. The van der Waals surface area contributed by atoms with Crippen LogP contribution in [0.3, 0.4) is 0 Å². The third-order valence-electron chi connectivity index (χ3n) is 2.11. The molecule has 0 aromatic heterocycles. The minimum Gasteiger partial charge on any atom is -0.493 e. The average Bonchev–Trinajstić information content (AvgIpc) is 2.29. The molecular weight excluding hydrogens is 192 g/mol. The molecule has 1 unspecified atom stereocenters. The molecule has 0 N–H and O–H groups in total. The van der Waals surface area contributed by atoms with E-state index in [1.807, 2.05) is 24.3 Å². The first-order valence-corrected chi connectivity index (χ1v) is 5.14. The predicted molar refractivity (Wildman–Crippen MR) is 59.3 cm³/mol. The van der Waals surface area contributed by atoms with Crippen molar-refractivity contribution in [3.8, 4) is 11.5 Å². The molecule has 0 aliphatic rings. The van der Waals surface area contributed by atoms with Crippen molar-refractivity contribution in [3.63, 3.8) is 0 Å². The van der Waals surface area contributed by atoms with Crippen molar-refractivity contribution < 1.29 is 14.2 Å². The highest BCUT2D eigenvalue weighted by Gasteiger charge is 2.10. The molecule has 3 heteroatoms. The summed E-state index contributed by atoms with van der Waals surface area (Å²) in [5, 5.41) is 0. The fourth-order valence-electron chi connectivity index (χ4n) is 1.32. The van der Waals surface area contributed by atoms with Gasteiger partial charge in [-0.25, -0.2) is 0 Å². The predicted octanol–water partition coefficient (Wildman–Crippen LogP) is 2.85. The standard InChI is InChI=1S/C12H18O3/c1-4-7-12(14-3)15-11-9-6-5-8-10(11)13-2/h5-6,8-9,12H,4,7H2,1-3H3. The zero-order valence-electron chi connectivity index (χ0n) is 9.53. The summed E-state index contributed by atoms with van der Waals surface area (Å²) >= 11 is 0. The molecule has 0 saturated heterocycles. The van der Waals surface area contributed by atoms with Gasteiger partial charge in [0.25, 0.3) is 0 Å². The van der Waals surface area contributed by atoms with Gasteiger partial charge in [0.2, 0.25) is 0 Å². The van der Waals surface area contributed by atoms with Gasteiger partial charge in [-0.1, -0.05) is 25.5 Å². The number of para-hydroxylation sites is 2. The number of benzene rings is 1. The number of methoxy groups -OCH3 is 2. The number of hydrogen-bond donors (Lipinski definition) is 0. The lowest BCUT2D eigenvalue weighted by Crippen LogP contribution is -2.18. The lowest BCUT2D eigenvalue weighted by atomic mass is 10.3. The molecule has 0 fully saturated rings. The SMILES string of the molecule is CCCC(OC)Oc1ccccc1OC. The Hall–Kier alpha value is -1.22. The van der Waals surface area contributed by atoms with Gasteiger partial charge in [0.05, 0.1) is 7.11 Å². The molecule has 1 atom stereocenters. The Morgan fingerprint density at radius 1 is 1.13 bits per heavy atom. The summed E-state index contributed by atoms with van der Waals surface area (Å²) in [7, 11) is 3.28. The molecule has 0 aliphatic heterocycles. The van der Waals surface area contributed by atoms with Gasteiger partial charge in [-0.15, -0.1) is 0 Å². The summed E-state index contributed by atoms with van der Waals surface area (Å²) in [5.74, 6) is 1.45. The van der Waals surface area contributed by atoms with E-state index >= 15 is 0 Å². The van der Waals surface area contributed by atoms with Crippen molar-refractivity contribution in [2.45, 2.75) is 26.1 Å². The van der Waals surface area contributed by atoms with Crippen LogP contribution in [-0.4, -0.2) is 20.5 Å². The van der Waals surface area contributed by atoms with Gasteiger partial charge in [0.15, 0.2) is 17.8 Å². The van der Waals surface area contributed by atoms with E-state index in [1.165, 1.54) is 0 Å². The van der Waals surface area contributed by atoms with E-state index in [9.17, 15) is 0 Å². The van der Waals surface area contributed by atoms with Gasteiger partial charge < -0.3 is 14.2 Å². The number of hydrogen-bond acceptors (Lipinski definition) is 3. The maximum atomic E-state index is 5.68. The Bertz CT molecular complexity index is 286. The molecular formula is C12H18O3. The van der Waals surface area contributed by atoms with Crippen LogP contribution in [0.15, 0.2) is 24.3 Å². The summed E-state index contributed by atoms with van der Waals surface area (Å²) in [5.41, 5.74) is 0. The minimum absolute atomic E-state index is 0.203. The quantitative estimate of drug-likeness (QED) is 0.676. The van der Waals surface area contributed by atoms with Crippen LogP contribution in [0, 0.1) is 0 Å². The molecule has 0 aliphatic carbocycles. The molecule has 0 radical (unpaired) electrons. The van der Waals surface area contributed by atoms with Crippen LogP contribution < -0.4 is 9.47 Å². The van der Waals surface area contributed by atoms with Crippen molar-refractivity contribution in [1.82, 2.24) is 0 Å². The van der Waals surface area contributed by atoms with Crippen LogP contribution in [0.5, 0.6) is 11.5 Å². The third-order valence-corrected chi connectivity index (χ3v) is 2.11. The summed E-state index contributed by atoms with van der Waals surface area (Å²) in [6.07, 6.45) is 1.69. The Kier molecular flexibility index (Phi) is 4.98. The van der Waals surface area contributed by atoms with Crippen LogP contribution in [0.25, 0.3) is 0 Å². The van der Waals surface area contributed by atoms with E-state index in [2.05, 4.69) is 6.92 Å². The molecule has 1 aromatic rings. The maximum Gasteiger partial charge on any atom is 0.199 e. The van der Waals surface area contributed by atoms with Crippen molar-refractivity contribution in [2.75, 3.05) is 14.2 Å². The first kappa shape index (κ1) is 11.9. The molecule has 0 saturated carbocycles. The molecule has 84 valence electrons. The van der Waals surface area contributed by atoms with Crippen LogP contribution in [0.1, 0.15) is 19.8 Å². The molecule has 1 rings (SSSR count). The first-order valence-electron chi connectivity index (χ1n) is 5.14. The Morgan fingerprint density at radius 2 is 1.80 bits per heavy atom. The highest BCUT2D eigenvalue weighted by Crippen LogP contribution is 2.27. The molecule has 3 nitrogen and oxygen atoms in total. The lowest BCUT2D eigenvalue weighted by Gasteiger charge is -2.18. The van der Waals surface area contributed by atoms with E-state index < -0.39 is 0 Å². The normalized spacial score (nSPS) is 12.2. The second kappa shape index (κ2) is 6.30. The molecule has 0 bridgehead atoms. The van der Waals surface area contributed by atoms with E-state index in [0.717, 1.165) is 24.3 Å². The molecule has 0 spiro atoms. The lowest BCUT2D eigenvalue weighted by molar-refractivity contribution is -0.0594. The highest BCUT2D eigenvalue weighted by atomic mass is 16.7. The van der Waals surface area contributed by atoms with Crippen LogP contribution in [0.2, 0.25) is 0 Å². The van der Waals surface area contributed by atoms with Crippen LogP contribution in [-0.2, 0) is 4.74 Å². The summed E-state index contributed by atoms with van der Waals surface area (Å²) in [6, 6.07) is 7.57. The fourth-order valence-corrected chi connectivity index (χ4v) is 1.32. The zero-order chi connectivity index (χ0) is 11.1. The average molecular weight is 210 g/mol. The maximum absolute atomic E-state index is 5.68. The van der Waals surface area contributed by atoms with Gasteiger partial charge in [-0.2, -0.15) is 0 Å². The van der Waals surface area contributed by atoms with Gasteiger partial charge in [0, 0.05) is 13.5 Å². The summed E-state index contributed by atoms with van der Waals surface area (Å²) < 4.78 is 16.1. The van der Waals surface area contributed by atoms with Crippen LogP contribution >= 0.6 is 0 Å². The van der Waals surface area contributed by atoms with Gasteiger partial charge in [-0.05, 0) is 12.1 Å². The van der Waals surface area contributed by atoms with Gasteiger partial charge in [0.1, 0.15) is 0 Å². The van der Waals surface area contributed by atoms with E-state index in [4.69, 9.17) is 14.2 Å². The van der Waals surface area contributed by atoms with Crippen LogP contribution in [0.4, 0.5) is 0 Å². The number of rotatable bonds is 6.